The number of aromatic nitrogens is 2. The molecule has 62 heavy (non-hydrogen) atoms. The van der Waals surface area contributed by atoms with Crippen LogP contribution in [0.15, 0.2) is 126 Å². The van der Waals surface area contributed by atoms with Crippen LogP contribution >= 0.6 is 0 Å². The van der Waals surface area contributed by atoms with Gasteiger partial charge in [0, 0.05) is 18.2 Å². The number of nitrogens with one attached hydrogen (secondary N) is 1. The smallest absolute Gasteiger partial charge is 0.351 e. The van der Waals surface area contributed by atoms with Crippen molar-refractivity contribution in [3.05, 3.63) is 154 Å². The van der Waals surface area contributed by atoms with Gasteiger partial charge in [0.25, 0.3) is 5.91 Å². The lowest BCUT2D eigenvalue weighted by molar-refractivity contribution is -0.159. The van der Waals surface area contributed by atoms with Crippen LogP contribution in [-0.2, 0) is 33.8 Å². The second kappa shape index (κ2) is 19.4. The number of hydrogen-bond donors (Lipinski definition) is 1. The molecular weight excluding hydrogens is 807 g/mol. The van der Waals surface area contributed by atoms with Gasteiger partial charge in [-0.2, -0.15) is 4.98 Å². The van der Waals surface area contributed by atoms with Gasteiger partial charge in [0.1, 0.15) is 40.9 Å². The molecule has 6 rings (SSSR count). The molecule has 0 spiro atoms. The number of rotatable bonds is 17. The summed E-state index contributed by atoms with van der Waals surface area (Å²) < 4.78 is 39.8. The molecule has 0 aliphatic carbocycles. The standard InChI is InChI=1S/C48H55N3O10Si/c1-32(52)19-28-41(53)60-42-39(31-58-48(34-17-13-10-14-18-34,35-20-24-37(56-5)25-21-35)36-22-26-38(57-6)27-23-36)59-45(43(42)61-62(7,8)47(2,3)4)51-30-29-40(50-46(51)55)49-44(54)33-15-11-9-12-16-33/h9-18,20-27,29-30,39,42-43,45H,19,28,31H2,1-8H3,(H,49,50,54,55)/t39-,42?,43+,45-/m1/s1. The van der Waals surface area contributed by atoms with Crippen molar-refractivity contribution in [2.24, 2.45) is 0 Å². The third kappa shape index (κ3) is 10.2. The van der Waals surface area contributed by atoms with Gasteiger partial charge in [-0.05, 0) is 84.2 Å². The van der Waals surface area contributed by atoms with Crippen molar-refractivity contribution in [1.29, 1.82) is 0 Å². The fourth-order valence-electron chi connectivity index (χ4n) is 7.08. The number of benzene rings is 4. The van der Waals surface area contributed by atoms with E-state index in [2.05, 4.69) is 44.2 Å². The van der Waals surface area contributed by atoms with E-state index in [1.165, 1.54) is 23.8 Å². The molecule has 13 nitrogen and oxygen atoms in total. The Hall–Kier alpha value is -5.93. The number of nitrogens with zero attached hydrogens (tertiary/aromatic N) is 2. The van der Waals surface area contributed by atoms with E-state index >= 15 is 0 Å². The molecule has 0 bridgehead atoms. The number of ether oxygens (including phenoxy) is 5. The summed E-state index contributed by atoms with van der Waals surface area (Å²) >= 11 is 0. The number of carbonyl (C=O) groups excluding carboxylic acids is 3. The largest absolute Gasteiger partial charge is 0.497 e. The number of anilines is 1. The lowest BCUT2D eigenvalue weighted by Gasteiger charge is -2.40. The van der Waals surface area contributed by atoms with Gasteiger partial charge in [-0.15, -0.1) is 0 Å². The van der Waals surface area contributed by atoms with Crippen molar-refractivity contribution in [2.45, 2.75) is 88.8 Å². The summed E-state index contributed by atoms with van der Waals surface area (Å²) in [6.45, 7) is 11.6. The molecule has 1 saturated heterocycles. The van der Waals surface area contributed by atoms with E-state index in [0.717, 1.165) is 16.7 Å². The molecule has 1 N–H and O–H groups in total. The first-order chi connectivity index (χ1) is 29.6. The van der Waals surface area contributed by atoms with Gasteiger partial charge >= 0.3 is 11.7 Å². The van der Waals surface area contributed by atoms with Crippen LogP contribution in [0.1, 0.15) is 73.8 Å². The van der Waals surface area contributed by atoms with E-state index in [-0.39, 0.29) is 36.1 Å². The molecule has 4 atom stereocenters. The Kier molecular flexibility index (Phi) is 14.3. The maximum atomic E-state index is 14.0. The third-order valence-electron chi connectivity index (χ3n) is 11.5. The normalized spacial score (nSPS) is 17.9. The van der Waals surface area contributed by atoms with E-state index in [4.69, 9.17) is 28.1 Å². The fraction of sp³-hybridized carbons (Fsp3) is 0.354. The number of carbonyl (C=O) groups is 3. The van der Waals surface area contributed by atoms with E-state index in [9.17, 15) is 19.2 Å². The first-order valence-corrected chi connectivity index (χ1v) is 23.4. The highest BCUT2D eigenvalue weighted by atomic mass is 28.4. The van der Waals surface area contributed by atoms with Crippen LogP contribution in [-0.4, -0.2) is 74.7 Å². The first-order valence-electron chi connectivity index (χ1n) is 20.5. The highest BCUT2D eigenvalue weighted by Gasteiger charge is 2.54. The number of methoxy groups -OCH3 is 2. The minimum Gasteiger partial charge on any atom is -0.497 e. The molecule has 14 heteroatoms. The quantitative estimate of drug-likeness (QED) is 0.0548. The molecular formula is C48H55N3O10Si. The minimum atomic E-state index is -2.71. The summed E-state index contributed by atoms with van der Waals surface area (Å²) in [6, 6.07) is 35.0. The SMILES string of the molecule is COc1ccc(C(OC[C@H]2O[C@@H](n3ccc(NC(=O)c4ccccc4)nc3=O)[C@@H](O[Si](C)(C)C(C)(C)C)C2OC(=O)CCC(C)=O)(c2ccccc2)c2ccc(OC)cc2)cc1. The molecule has 1 fully saturated rings. The predicted molar refractivity (Wildman–Crippen MR) is 237 cm³/mol. The fourth-order valence-corrected chi connectivity index (χ4v) is 8.36. The topological polar surface area (TPSA) is 154 Å². The van der Waals surface area contributed by atoms with Gasteiger partial charge in [-0.1, -0.05) is 93.6 Å². The summed E-state index contributed by atoms with van der Waals surface area (Å²) in [5.41, 5.74) is 0.722. The van der Waals surface area contributed by atoms with Crippen LogP contribution in [0.3, 0.4) is 0 Å². The lowest BCUT2D eigenvalue weighted by atomic mass is 9.80. The van der Waals surface area contributed by atoms with Crippen LogP contribution in [0.25, 0.3) is 0 Å². The van der Waals surface area contributed by atoms with Crippen molar-refractivity contribution in [3.8, 4) is 11.5 Å². The lowest BCUT2D eigenvalue weighted by Crippen LogP contribution is -2.51. The highest BCUT2D eigenvalue weighted by Crippen LogP contribution is 2.45. The Morgan fingerprint density at radius 1 is 0.758 bits per heavy atom. The molecule has 1 aromatic heterocycles. The van der Waals surface area contributed by atoms with E-state index < -0.39 is 56.0 Å². The molecule has 1 aliphatic rings. The van der Waals surface area contributed by atoms with Gasteiger partial charge in [-0.3, -0.25) is 14.2 Å². The number of Topliss-reactive ketones (excluding diaryl/α,β-unsaturated/α-hetero) is 1. The summed E-state index contributed by atoms with van der Waals surface area (Å²) in [7, 11) is 0.490. The molecule has 0 radical (unpaired) electrons. The molecule has 1 aliphatic heterocycles. The molecule has 1 unspecified atom stereocenters. The monoisotopic (exact) mass is 861 g/mol. The molecule has 1 amide bonds. The Morgan fingerprint density at radius 2 is 1.31 bits per heavy atom. The second-order valence-electron chi connectivity index (χ2n) is 16.7. The zero-order valence-corrected chi connectivity index (χ0v) is 37.5. The Balaban J connectivity index is 1.46. The number of ketones is 1. The molecule has 326 valence electrons. The second-order valence-corrected chi connectivity index (χ2v) is 21.5. The van der Waals surface area contributed by atoms with Gasteiger partial charge in [0.2, 0.25) is 0 Å². The first kappa shape index (κ1) is 45.6. The van der Waals surface area contributed by atoms with Crippen molar-refractivity contribution in [3.63, 3.8) is 0 Å². The maximum absolute atomic E-state index is 14.0. The molecule has 0 saturated carbocycles. The predicted octanol–water partition coefficient (Wildman–Crippen LogP) is 8.09. The van der Waals surface area contributed by atoms with Crippen LogP contribution in [0.2, 0.25) is 18.1 Å². The van der Waals surface area contributed by atoms with E-state index in [1.54, 1.807) is 44.6 Å². The molecule has 4 aromatic carbocycles. The Morgan fingerprint density at radius 3 is 1.82 bits per heavy atom. The zero-order chi connectivity index (χ0) is 44.7. The van der Waals surface area contributed by atoms with Crippen molar-refractivity contribution in [2.75, 3.05) is 26.1 Å². The summed E-state index contributed by atoms with van der Waals surface area (Å²) in [5, 5.41) is 2.38. The number of hydrogen-bond acceptors (Lipinski definition) is 11. The van der Waals surface area contributed by atoms with Crippen molar-refractivity contribution < 1.29 is 42.5 Å². The van der Waals surface area contributed by atoms with Gasteiger partial charge < -0.3 is 38.2 Å². The summed E-state index contributed by atoms with van der Waals surface area (Å²) in [6.07, 6.45) is -3.02. The Labute approximate surface area is 363 Å². The maximum Gasteiger partial charge on any atom is 0.351 e. The summed E-state index contributed by atoms with van der Waals surface area (Å²) in [5.74, 6) is 0.114. The van der Waals surface area contributed by atoms with Crippen molar-refractivity contribution >= 4 is 31.8 Å². The average molecular weight is 862 g/mol. The van der Waals surface area contributed by atoms with Gasteiger partial charge in [-0.25, -0.2) is 4.79 Å². The van der Waals surface area contributed by atoms with Gasteiger partial charge in [0.15, 0.2) is 20.6 Å². The highest BCUT2D eigenvalue weighted by molar-refractivity contribution is 6.74. The minimum absolute atomic E-state index is 0.0175. The molecule has 2 heterocycles. The van der Waals surface area contributed by atoms with Crippen LogP contribution < -0.4 is 20.5 Å². The van der Waals surface area contributed by atoms with Crippen molar-refractivity contribution in [1.82, 2.24) is 9.55 Å². The summed E-state index contributed by atoms with van der Waals surface area (Å²) in [4.78, 5) is 56.9. The average Bonchev–Trinajstić information content (AvgIpc) is 3.58. The number of esters is 1. The van der Waals surface area contributed by atoms with E-state index in [1.807, 2.05) is 78.9 Å². The van der Waals surface area contributed by atoms with Gasteiger partial charge in [0.05, 0.1) is 27.2 Å². The molecule has 5 aromatic rings. The third-order valence-corrected chi connectivity index (χ3v) is 16.0. The van der Waals surface area contributed by atoms with E-state index in [0.29, 0.717) is 17.1 Å². The van der Waals surface area contributed by atoms with Crippen LogP contribution in [0.4, 0.5) is 5.82 Å². The van der Waals surface area contributed by atoms with Crippen LogP contribution in [0, 0.1) is 0 Å². The zero-order valence-electron chi connectivity index (χ0n) is 36.5. The number of amides is 1. The van der Waals surface area contributed by atoms with Crippen LogP contribution in [0.5, 0.6) is 11.5 Å². The Bertz CT molecular complexity index is 2320.